The Morgan fingerprint density at radius 3 is 2.71 bits per heavy atom. The Bertz CT molecular complexity index is 650. The molecule has 0 N–H and O–H groups in total. The van der Waals surface area contributed by atoms with E-state index in [0.29, 0.717) is 22.9 Å². The number of hydrogen-bond donors (Lipinski definition) is 0. The van der Waals surface area contributed by atoms with Crippen molar-refractivity contribution in [1.82, 2.24) is 5.16 Å². The van der Waals surface area contributed by atoms with Gasteiger partial charge in [-0.3, -0.25) is 0 Å². The molecule has 0 amide bonds. The van der Waals surface area contributed by atoms with Gasteiger partial charge in [-0.2, -0.15) is 0 Å². The van der Waals surface area contributed by atoms with Crippen LogP contribution in [0.5, 0.6) is 5.75 Å². The van der Waals surface area contributed by atoms with Crippen LogP contribution < -0.4 is 4.74 Å². The highest BCUT2D eigenvalue weighted by Gasteiger charge is 2.34. The highest BCUT2D eigenvalue weighted by molar-refractivity contribution is 9.08. The van der Waals surface area contributed by atoms with Crippen LogP contribution in [-0.2, 0) is 5.33 Å². The molecule has 1 aliphatic rings. The lowest BCUT2D eigenvalue weighted by molar-refractivity contribution is -0.274. The molecular weight excluding hydrogens is 351 g/mol. The molecular formula is C14H11BrF3NO2. The molecule has 1 aliphatic carbocycles. The van der Waals surface area contributed by atoms with Gasteiger partial charge in [-0.15, -0.1) is 13.2 Å². The zero-order valence-corrected chi connectivity index (χ0v) is 12.4. The second kappa shape index (κ2) is 5.36. The maximum absolute atomic E-state index is 12.6. The third-order valence-corrected chi connectivity index (χ3v) is 3.85. The van der Waals surface area contributed by atoms with Crippen LogP contribution in [0, 0.1) is 0 Å². The van der Waals surface area contributed by atoms with Crippen LogP contribution in [0.3, 0.4) is 0 Å². The van der Waals surface area contributed by atoms with E-state index in [9.17, 15) is 13.2 Å². The lowest BCUT2D eigenvalue weighted by Crippen LogP contribution is -2.18. The van der Waals surface area contributed by atoms with Crippen LogP contribution in [0.15, 0.2) is 28.8 Å². The number of halogens is 4. The third kappa shape index (κ3) is 3.23. The molecule has 1 fully saturated rings. The van der Waals surface area contributed by atoms with Crippen LogP contribution in [0.1, 0.15) is 30.1 Å². The van der Waals surface area contributed by atoms with Gasteiger partial charge >= 0.3 is 6.36 Å². The minimum atomic E-state index is -4.75. The van der Waals surface area contributed by atoms with Gasteiger partial charge in [0.2, 0.25) is 0 Å². The Morgan fingerprint density at radius 2 is 2.10 bits per heavy atom. The molecule has 3 nitrogen and oxygen atoms in total. The molecule has 21 heavy (non-hydrogen) atoms. The molecule has 1 heterocycles. The van der Waals surface area contributed by atoms with Crippen molar-refractivity contribution in [3.63, 3.8) is 0 Å². The van der Waals surface area contributed by atoms with Crippen molar-refractivity contribution in [3.05, 3.63) is 35.6 Å². The Kier molecular flexibility index (Phi) is 3.69. The van der Waals surface area contributed by atoms with Crippen molar-refractivity contribution in [3.8, 4) is 17.0 Å². The van der Waals surface area contributed by atoms with Gasteiger partial charge in [-0.25, -0.2) is 0 Å². The molecule has 0 spiro atoms. The van der Waals surface area contributed by atoms with Gasteiger partial charge in [0.15, 0.2) is 0 Å². The summed E-state index contributed by atoms with van der Waals surface area (Å²) in [6.45, 7) is 0. The maximum Gasteiger partial charge on any atom is 0.573 e. The average Bonchev–Trinajstić information content (AvgIpc) is 3.16. The first-order chi connectivity index (χ1) is 9.98. The molecule has 0 atom stereocenters. The number of rotatable bonds is 4. The van der Waals surface area contributed by atoms with E-state index in [1.54, 1.807) is 24.3 Å². The number of alkyl halides is 4. The summed E-state index contributed by atoms with van der Waals surface area (Å²) in [5.74, 6) is 0.822. The van der Waals surface area contributed by atoms with E-state index in [2.05, 4.69) is 25.8 Å². The number of para-hydroxylation sites is 1. The van der Waals surface area contributed by atoms with Crippen molar-refractivity contribution in [2.24, 2.45) is 0 Å². The summed E-state index contributed by atoms with van der Waals surface area (Å²) < 4.78 is 47.2. The summed E-state index contributed by atoms with van der Waals surface area (Å²) in [7, 11) is 0. The first kappa shape index (κ1) is 14.4. The van der Waals surface area contributed by atoms with E-state index < -0.39 is 6.36 Å². The van der Waals surface area contributed by atoms with Gasteiger partial charge in [-0.1, -0.05) is 33.2 Å². The Labute approximate surface area is 127 Å². The van der Waals surface area contributed by atoms with Gasteiger partial charge < -0.3 is 9.26 Å². The normalized spacial score (nSPS) is 15.2. The van der Waals surface area contributed by atoms with Crippen LogP contribution in [0.25, 0.3) is 11.3 Å². The zero-order chi connectivity index (χ0) is 15.0. The van der Waals surface area contributed by atoms with Crippen molar-refractivity contribution in [2.45, 2.75) is 30.5 Å². The van der Waals surface area contributed by atoms with E-state index in [1.807, 2.05) is 0 Å². The van der Waals surface area contributed by atoms with Gasteiger partial charge in [0.1, 0.15) is 17.2 Å². The van der Waals surface area contributed by atoms with Gasteiger partial charge in [0.05, 0.1) is 0 Å². The molecule has 0 aliphatic heterocycles. The molecule has 0 unspecified atom stereocenters. The number of hydrogen-bond acceptors (Lipinski definition) is 3. The number of ether oxygens (including phenoxy) is 1. The minimum absolute atomic E-state index is 0.238. The Hall–Kier alpha value is -1.50. The summed E-state index contributed by atoms with van der Waals surface area (Å²) >= 11 is 3.17. The fourth-order valence-electron chi connectivity index (χ4n) is 2.10. The highest BCUT2D eigenvalue weighted by Crippen LogP contribution is 2.43. The molecule has 1 aromatic carbocycles. The predicted molar refractivity (Wildman–Crippen MR) is 73.2 cm³/mol. The number of benzene rings is 1. The zero-order valence-electron chi connectivity index (χ0n) is 10.8. The lowest BCUT2D eigenvalue weighted by atomic mass is 10.1. The topological polar surface area (TPSA) is 35.3 Å². The van der Waals surface area contributed by atoms with Crippen molar-refractivity contribution >= 4 is 15.9 Å². The van der Waals surface area contributed by atoms with E-state index in [-0.39, 0.29) is 16.6 Å². The smallest absolute Gasteiger partial charge is 0.405 e. The molecule has 7 heteroatoms. The van der Waals surface area contributed by atoms with Crippen molar-refractivity contribution < 1.29 is 22.4 Å². The van der Waals surface area contributed by atoms with E-state index >= 15 is 0 Å². The van der Waals surface area contributed by atoms with Crippen LogP contribution in [0.4, 0.5) is 13.2 Å². The summed E-state index contributed by atoms with van der Waals surface area (Å²) in [6, 6.07) is 6.47. The first-order valence-corrected chi connectivity index (χ1v) is 7.50. The number of aromatic nitrogens is 1. The van der Waals surface area contributed by atoms with E-state index in [0.717, 1.165) is 12.8 Å². The molecule has 0 saturated heterocycles. The van der Waals surface area contributed by atoms with E-state index in [1.165, 1.54) is 0 Å². The average molecular weight is 362 g/mol. The van der Waals surface area contributed by atoms with Crippen LogP contribution >= 0.6 is 15.9 Å². The molecule has 112 valence electrons. The summed E-state index contributed by atoms with van der Waals surface area (Å²) in [4.78, 5) is 0. The largest absolute Gasteiger partial charge is 0.573 e. The third-order valence-electron chi connectivity index (χ3n) is 3.24. The fraction of sp³-hybridized carbons (Fsp3) is 0.357. The monoisotopic (exact) mass is 361 g/mol. The summed E-state index contributed by atoms with van der Waals surface area (Å²) in [6.07, 6.45) is -2.69. The molecule has 3 rings (SSSR count). The van der Waals surface area contributed by atoms with Crippen LogP contribution in [-0.4, -0.2) is 11.5 Å². The standard InChI is InChI=1S/C14H11BrF3NO2/c15-7-9-2-1-3-10(13(9)20-14(16,17)18)11-6-12(21-19-11)8-4-5-8/h1-3,6,8H,4-5,7H2. The van der Waals surface area contributed by atoms with Gasteiger partial charge in [-0.05, 0) is 18.9 Å². The molecule has 2 aromatic rings. The SMILES string of the molecule is FC(F)(F)Oc1c(CBr)cccc1-c1cc(C2CC2)on1. The molecule has 1 aromatic heterocycles. The summed E-state index contributed by atoms with van der Waals surface area (Å²) in [5, 5.41) is 4.13. The maximum atomic E-state index is 12.6. The lowest BCUT2D eigenvalue weighted by Gasteiger charge is -2.15. The number of nitrogens with zero attached hydrogens (tertiary/aromatic N) is 1. The molecule has 1 saturated carbocycles. The van der Waals surface area contributed by atoms with Crippen LogP contribution in [0.2, 0.25) is 0 Å². The highest BCUT2D eigenvalue weighted by atomic mass is 79.9. The summed E-state index contributed by atoms with van der Waals surface area (Å²) in [5.41, 5.74) is 1.04. The predicted octanol–water partition coefficient (Wildman–Crippen LogP) is 5.01. The minimum Gasteiger partial charge on any atom is -0.405 e. The van der Waals surface area contributed by atoms with Gasteiger partial charge in [0, 0.05) is 28.4 Å². The molecule has 0 radical (unpaired) electrons. The second-order valence-electron chi connectivity index (χ2n) is 4.86. The molecule has 0 bridgehead atoms. The fourth-order valence-corrected chi connectivity index (χ4v) is 2.55. The van der Waals surface area contributed by atoms with E-state index in [4.69, 9.17) is 4.52 Å². The Morgan fingerprint density at radius 1 is 1.33 bits per heavy atom. The van der Waals surface area contributed by atoms with Crippen molar-refractivity contribution in [2.75, 3.05) is 0 Å². The first-order valence-electron chi connectivity index (χ1n) is 6.38. The second-order valence-corrected chi connectivity index (χ2v) is 5.42. The van der Waals surface area contributed by atoms with Gasteiger partial charge in [0.25, 0.3) is 0 Å². The Balaban J connectivity index is 2.03. The quantitative estimate of drug-likeness (QED) is 0.717. The van der Waals surface area contributed by atoms with Crippen molar-refractivity contribution in [1.29, 1.82) is 0 Å².